The van der Waals surface area contributed by atoms with E-state index >= 15 is 0 Å². The summed E-state index contributed by atoms with van der Waals surface area (Å²) in [5.41, 5.74) is 3.07. The highest BCUT2D eigenvalue weighted by atomic mass is 32.2. The second-order valence-electron chi connectivity index (χ2n) is 11.4. The second-order valence-corrected chi connectivity index (χ2v) is 12.5. The first kappa shape index (κ1) is 27.2. The monoisotopic (exact) mass is 540 g/mol. The van der Waals surface area contributed by atoms with Crippen molar-refractivity contribution in [1.82, 2.24) is 10.2 Å². The number of ether oxygens (including phenoxy) is 1. The molecule has 5 rings (SSSR count). The second kappa shape index (κ2) is 10.7. The van der Waals surface area contributed by atoms with Gasteiger partial charge in [0, 0.05) is 5.75 Å². The molecule has 2 atom stereocenters. The van der Waals surface area contributed by atoms with Crippen LogP contribution in [0.1, 0.15) is 51.3 Å². The highest BCUT2D eigenvalue weighted by Gasteiger charge is 2.57. The number of rotatable bonds is 7. The Labute approximate surface area is 235 Å². The van der Waals surface area contributed by atoms with Crippen molar-refractivity contribution < 1.29 is 14.3 Å². The molecule has 2 heterocycles. The summed E-state index contributed by atoms with van der Waals surface area (Å²) in [6.07, 6.45) is 0. The lowest BCUT2D eigenvalue weighted by atomic mass is 9.76. The number of β-lactam (4-membered cyclic amide) rings is 1. The van der Waals surface area contributed by atoms with Crippen LogP contribution in [0.5, 0.6) is 0 Å². The normalized spacial score (nSPS) is 19.5. The lowest BCUT2D eigenvalue weighted by molar-refractivity contribution is -0.159. The molecule has 1 unspecified atom stereocenters. The molecule has 3 aromatic carbocycles. The fourth-order valence-corrected chi connectivity index (χ4v) is 7.00. The van der Waals surface area contributed by atoms with E-state index in [1.54, 1.807) is 16.7 Å². The molecule has 0 spiro atoms. The molecule has 1 saturated heterocycles. The summed E-state index contributed by atoms with van der Waals surface area (Å²) in [4.78, 5) is 29.1. The van der Waals surface area contributed by atoms with Crippen molar-refractivity contribution in [2.45, 2.75) is 57.2 Å². The van der Waals surface area contributed by atoms with Crippen LogP contribution in [0, 0.1) is 5.92 Å². The number of fused-ring (bicyclic) bond motifs is 1. The molecule has 0 bridgehead atoms. The molecular weight excluding hydrogens is 504 g/mol. The first-order chi connectivity index (χ1) is 18.6. The molecule has 39 heavy (non-hydrogen) atoms. The molecule has 0 saturated carbocycles. The van der Waals surface area contributed by atoms with Crippen molar-refractivity contribution in [1.29, 1.82) is 0 Å². The Kier molecular flexibility index (Phi) is 7.45. The predicted molar refractivity (Wildman–Crippen MR) is 157 cm³/mol. The Bertz CT molecular complexity index is 1270. The predicted octanol–water partition coefficient (Wildman–Crippen LogP) is 6.10. The molecular formula is C33H36N2O3S. The van der Waals surface area contributed by atoms with E-state index < -0.39 is 23.2 Å². The Morgan fingerprint density at radius 3 is 1.74 bits per heavy atom. The van der Waals surface area contributed by atoms with E-state index in [-0.39, 0.29) is 17.2 Å². The fraction of sp³-hybridized carbons (Fsp3) is 0.333. The Balaban J connectivity index is 1.59. The van der Waals surface area contributed by atoms with Crippen LogP contribution in [0.2, 0.25) is 0 Å². The van der Waals surface area contributed by atoms with E-state index in [0.29, 0.717) is 11.4 Å². The number of thioether (sulfide) groups is 1. The van der Waals surface area contributed by atoms with Gasteiger partial charge in [-0.3, -0.25) is 15.0 Å². The van der Waals surface area contributed by atoms with Gasteiger partial charge in [0.2, 0.25) is 5.91 Å². The van der Waals surface area contributed by atoms with Crippen LogP contribution in [0.25, 0.3) is 0 Å². The maximum Gasteiger partial charge on any atom is 0.355 e. The standard InChI is InChI=1S/C33H36N2O3S/c1-22(2)26-21-39-30-27(29(36)35(30)28(26)31(37)38-32(3,4)5)34-33(23-15-9-6-10-16-23,24-17-11-7-12-18-24)25-19-13-8-14-20-25/h6-20,22,27,30,34H,21H2,1-5H3/t27?,30-/m1/s1. The number of carbonyl (C=O) groups is 2. The number of nitrogens with one attached hydrogen (secondary N) is 1. The quantitative estimate of drug-likeness (QED) is 0.223. The average molecular weight is 541 g/mol. The van der Waals surface area contributed by atoms with E-state index in [1.165, 1.54) is 0 Å². The Morgan fingerprint density at radius 2 is 1.33 bits per heavy atom. The maximum absolute atomic E-state index is 14.0. The number of carbonyl (C=O) groups excluding carboxylic acids is 2. The average Bonchev–Trinajstić information content (AvgIpc) is 2.93. The lowest BCUT2D eigenvalue weighted by Crippen LogP contribution is -2.73. The van der Waals surface area contributed by atoms with Crippen molar-refractivity contribution >= 4 is 23.6 Å². The van der Waals surface area contributed by atoms with Crippen LogP contribution < -0.4 is 5.32 Å². The SMILES string of the molecule is CC(C)C1=C(C(=O)OC(C)(C)C)N2C(=O)C(NC(c3ccccc3)(c3ccccc3)c3ccccc3)[C@H]2SC1. The zero-order chi connectivity index (χ0) is 27.8. The molecule has 5 nitrogen and oxygen atoms in total. The molecule has 1 fully saturated rings. The van der Waals surface area contributed by atoms with Crippen LogP contribution in [-0.2, 0) is 19.9 Å². The van der Waals surface area contributed by atoms with Gasteiger partial charge in [0.1, 0.15) is 22.7 Å². The van der Waals surface area contributed by atoms with Crippen molar-refractivity contribution in [3.8, 4) is 0 Å². The van der Waals surface area contributed by atoms with Gasteiger partial charge >= 0.3 is 5.97 Å². The fourth-order valence-electron chi connectivity index (χ4n) is 5.45. The van der Waals surface area contributed by atoms with Gasteiger partial charge in [0.05, 0.1) is 5.54 Å². The molecule has 0 aliphatic carbocycles. The zero-order valence-electron chi connectivity index (χ0n) is 23.2. The van der Waals surface area contributed by atoms with Gasteiger partial charge in [-0.2, -0.15) is 0 Å². The number of hydrogen-bond donors (Lipinski definition) is 1. The van der Waals surface area contributed by atoms with Crippen molar-refractivity contribution in [3.05, 3.63) is 119 Å². The smallest absolute Gasteiger partial charge is 0.355 e. The number of hydrogen-bond acceptors (Lipinski definition) is 5. The minimum absolute atomic E-state index is 0.113. The molecule has 2 aliphatic rings. The van der Waals surface area contributed by atoms with Crippen molar-refractivity contribution in [2.75, 3.05) is 5.75 Å². The van der Waals surface area contributed by atoms with Crippen LogP contribution in [0.15, 0.2) is 102 Å². The lowest BCUT2D eigenvalue weighted by Gasteiger charge is -2.53. The first-order valence-corrected chi connectivity index (χ1v) is 14.5. The molecule has 202 valence electrons. The number of benzene rings is 3. The van der Waals surface area contributed by atoms with E-state index in [1.807, 2.05) is 75.4 Å². The van der Waals surface area contributed by atoms with Crippen LogP contribution >= 0.6 is 11.8 Å². The van der Waals surface area contributed by atoms with E-state index in [9.17, 15) is 9.59 Å². The van der Waals surface area contributed by atoms with Crippen LogP contribution in [0.3, 0.4) is 0 Å². The third kappa shape index (κ3) is 5.04. The minimum Gasteiger partial charge on any atom is -0.455 e. The summed E-state index contributed by atoms with van der Waals surface area (Å²) in [5.74, 6) is 0.258. The highest BCUT2D eigenvalue weighted by Crippen LogP contribution is 2.46. The summed E-state index contributed by atoms with van der Waals surface area (Å²) in [6.45, 7) is 9.68. The molecule has 1 N–H and O–H groups in total. The third-order valence-electron chi connectivity index (χ3n) is 7.28. The molecule has 3 aromatic rings. The Morgan fingerprint density at radius 1 is 0.872 bits per heavy atom. The first-order valence-electron chi connectivity index (χ1n) is 13.5. The van der Waals surface area contributed by atoms with Gasteiger partial charge in [0.15, 0.2) is 0 Å². The zero-order valence-corrected chi connectivity index (χ0v) is 24.0. The van der Waals surface area contributed by atoms with Gasteiger partial charge in [-0.1, -0.05) is 105 Å². The highest BCUT2D eigenvalue weighted by molar-refractivity contribution is 8.00. The van der Waals surface area contributed by atoms with Crippen LogP contribution in [0.4, 0.5) is 0 Å². The van der Waals surface area contributed by atoms with Gasteiger partial charge in [-0.15, -0.1) is 11.8 Å². The van der Waals surface area contributed by atoms with Gasteiger partial charge < -0.3 is 4.74 Å². The van der Waals surface area contributed by atoms with Crippen LogP contribution in [-0.4, -0.2) is 39.5 Å². The molecule has 1 amide bonds. The molecule has 6 heteroatoms. The van der Waals surface area contributed by atoms with Crippen molar-refractivity contribution in [2.24, 2.45) is 5.92 Å². The number of amides is 1. The van der Waals surface area contributed by atoms with E-state index in [2.05, 4.69) is 55.6 Å². The van der Waals surface area contributed by atoms with E-state index in [4.69, 9.17) is 4.74 Å². The third-order valence-corrected chi connectivity index (χ3v) is 8.58. The number of nitrogens with zero attached hydrogens (tertiary/aromatic N) is 1. The Hall–Kier alpha value is -3.35. The summed E-state index contributed by atoms with van der Waals surface area (Å²) in [6, 6.07) is 30.3. The summed E-state index contributed by atoms with van der Waals surface area (Å²) < 4.78 is 5.78. The van der Waals surface area contributed by atoms with E-state index in [0.717, 1.165) is 22.3 Å². The van der Waals surface area contributed by atoms with Gasteiger partial charge in [-0.25, -0.2) is 4.79 Å². The molecule has 0 aromatic heterocycles. The van der Waals surface area contributed by atoms with Gasteiger partial charge in [0.25, 0.3) is 0 Å². The summed E-state index contributed by atoms with van der Waals surface area (Å²) in [5, 5.41) is 3.61. The summed E-state index contributed by atoms with van der Waals surface area (Å²) >= 11 is 1.70. The molecule has 0 radical (unpaired) electrons. The minimum atomic E-state index is -0.773. The maximum atomic E-state index is 14.0. The topological polar surface area (TPSA) is 58.6 Å². The van der Waals surface area contributed by atoms with Gasteiger partial charge in [-0.05, 0) is 49.0 Å². The molecule has 2 aliphatic heterocycles. The summed E-state index contributed by atoms with van der Waals surface area (Å²) in [7, 11) is 0. The number of esters is 1. The largest absolute Gasteiger partial charge is 0.455 e. The van der Waals surface area contributed by atoms with Crippen molar-refractivity contribution in [3.63, 3.8) is 0 Å².